The molecule has 104 valence electrons. The number of hydrogen-bond acceptors (Lipinski definition) is 3. The van der Waals surface area contributed by atoms with Crippen molar-refractivity contribution in [3.63, 3.8) is 0 Å². The Morgan fingerprint density at radius 3 is 2.84 bits per heavy atom. The molecule has 5 heteroatoms. The van der Waals surface area contributed by atoms with Crippen molar-refractivity contribution in [1.82, 2.24) is 0 Å². The topological polar surface area (TPSA) is 17.1 Å². The molecule has 19 heavy (non-hydrogen) atoms. The Kier molecular flexibility index (Phi) is 5.37. The highest BCUT2D eigenvalue weighted by Gasteiger charge is 2.30. The van der Waals surface area contributed by atoms with Crippen molar-refractivity contribution in [3.8, 4) is 0 Å². The molecular formula is C14H16BrFOS2. The number of ketones is 1. The van der Waals surface area contributed by atoms with Crippen LogP contribution in [0.5, 0.6) is 0 Å². The second-order valence-corrected chi connectivity index (χ2v) is 8.66. The van der Waals surface area contributed by atoms with Crippen LogP contribution in [0.1, 0.15) is 19.4 Å². The van der Waals surface area contributed by atoms with Gasteiger partial charge in [0.05, 0.1) is 5.25 Å². The van der Waals surface area contributed by atoms with E-state index in [4.69, 9.17) is 0 Å². The van der Waals surface area contributed by atoms with Gasteiger partial charge in [0, 0.05) is 27.1 Å². The van der Waals surface area contributed by atoms with Gasteiger partial charge >= 0.3 is 0 Å². The fraction of sp³-hybridized carbons (Fsp3) is 0.500. The average molecular weight is 363 g/mol. The molecule has 1 fully saturated rings. The first-order chi connectivity index (χ1) is 8.97. The molecule has 1 aliphatic heterocycles. The van der Waals surface area contributed by atoms with E-state index in [2.05, 4.69) is 29.8 Å². The summed E-state index contributed by atoms with van der Waals surface area (Å²) in [6.45, 7) is 4.35. The maximum atomic E-state index is 13.7. The van der Waals surface area contributed by atoms with Gasteiger partial charge in [-0.2, -0.15) is 11.8 Å². The maximum absolute atomic E-state index is 13.7. The number of thioether (sulfide) groups is 2. The van der Waals surface area contributed by atoms with Crippen LogP contribution in [0.25, 0.3) is 0 Å². The molecule has 0 aliphatic carbocycles. The lowest BCUT2D eigenvalue weighted by molar-refractivity contribution is -0.117. The van der Waals surface area contributed by atoms with Gasteiger partial charge in [-0.05, 0) is 23.8 Å². The highest BCUT2D eigenvalue weighted by atomic mass is 79.9. The molecule has 0 radical (unpaired) electrons. The highest BCUT2D eigenvalue weighted by Crippen LogP contribution is 2.36. The minimum Gasteiger partial charge on any atom is -0.298 e. The van der Waals surface area contributed by atoms with Crippen LogP contribution in [-0.4, -0.2) is 27.3 Å². The standard InChI is InChI=1S/C14H16BrFOS2/c1-8-9(2)19-14(7-18-8)13(17)6-10-5-11(15)3-4-12(10)16/h3-5,8-9,14H,6-7H2,1-2H3. The van der Waals surface area contributed by atoms with Crippen LogP contribution >= 0.6 is 39.5 Å². The number of carbonyl (C=O) groups excluding carboxylic acids is 1. The van der Waals surface area contributed by atoms with Crippen LogP contribution in [0.2, 0.25) is 0 Å². The van der Waals surface area contributed by atoms with Gasteiger partial charge in [-0.25, -0.2) is 4.39 Å². The summed E-state index contributed by atoms with van der Waals surface area (Å²) in [7, 11) is 0. The molecule has 0 N–H and O–H groups in total. The van der Waals surface area contributed by atoms with E-state index in [0.29, 0.717) is 16.1 Å². The van der Waals surface area contributed by atoms with Crippen LogP contribution in [0.15, 0.2) is 22.7 Å². The summed E-state index contributed by atoms with van der Waals surface area (Å²) in [5.74, 6) is 0.671. The summed E-state index contributed by atoms with van der Waals surface area (Å²) in [6, 6.07) is 4.75. The van der Waals surface area contributed by atoms with Crippen molar-refractivity contribution in [2.45, 2.75) is 36.0 Å². The predicted octanol–water partition coefficient (Wildman–Crippen LogP) is 4.33. The van der Waals surface area contributed by atoms with Crippen LogP contribution < -0.4 is 0 Å². The molecule has 0 amide bonds. The molecular weight excluding hydrogens is 347 g/mol. The third-order valence-corrected chi connectivity index (χ3v) is 7.21. The average Bonchev–Trinajstić information content (AvgIpc) is 2.37. The number of Topliss-reactive ketones (excluding diaryl/α,β-unsaturated/α-hetero) is 1. The predicted molar refractivity (Wildman–Crippen MR) is 85.6 cm³/mol. The Morgan fingerprint density at radius 2 is 2.16 bits per heavy atom. The number of halogens is 2. The summed E-state index contributed by atoms with van der Waals surface area (Å²) in [4.78, 5) is 12.3. The summed E-state index contributed by atoms with van der Waals surface area (Å²) in [6.07, 6.45) is 0.185. The number of carbonyl (C=O) groups is 1. The molecule has 1 saturated heterocycles. The highest BCUT2D eigenvalue weighted by molar-refractivity contribution is 9.10. The second-order valence-electron chi connectivity index (χ2n) is 4.75. The summed E-state index contributed by atoms with van der Waals surface area (Å²) in [5, 5.41) is 1.05. The van der Waals surface area contributed by atoms with Crippen molar-refractivity contribution in [3.05, 3.63) is 34.1 Å². The van der Waals surface area contributed by atoms with Crippen molar-refractivity contribution < 1.29 is 9.18 Å². The zero-order valence-electron chi connectivity index (χ0n) is 10.9. The third-order valence-electron chi connectivity index (χ3n) is 3.28. The molecule has 1 aromatic carbocycles. The lowest BCUT2D eigenvalue weighted by atomic mass is 10.1. The quantitative estimate of drug-likeness (QED) is 0.796. The molecule has 3 unspecified atom stereocenters. The molecule has 0 aromatic heterocycles. The first kappa shape index (κ1) is 15.4. The Hall–Kier alpha value is -0.000000000000000111. The molecule has 0 saturated carbocycles. The Bertz CT molecular complexity index is 481. The normalized spacial score (nSPS) is 27.3. The van der Waals surface area contributed by atoms with Crippen LogP contribution in [0.3, 0.4) is 0 Å². The van der Waals surface area contributed by atoms with Gasteiger partial charge in [0.15, 0.2) is 5.78 Å². The Labute approximate surface area is 130 Å². The van der Waals surface area contributed by atoms with E-state index in [0.717, 1.165) is 10.2 Å². The minimum atomic E-state index is -0.300. The summed E-state index contributed by atoms with van der Waals surface area (Å²) >= 11 is 6.88. The SMILES string of the molecule is CC1SCC(C(=O)Cc2cc(Br)ccc2F)SC1C. The monoisotopic (exact) mass is 362 g/mol. The van der Waals surface area contributed by atoms with Gasteiger partial charge < -0.3 is 0 Å². The van der Waals surface area contributed by atoms with Crippen molar-refractivity contribution in [1.29, 1.82) is 0 Å². The van der Waals surface area contributed by atoms with E-state index in [-0.39, 0.29) is 23.3 Å². The fourth-order valence-corrected chi connectivity index (χ4v) is 5.23. The van der Waals surface area contributed by atoms with Gasteiger partial charge in [0.25, 0.3) is 0 Å². The molecule has 1 heterocycles. The summed E-state index contributed by atoms with van der Waals surface area (Å²) in [5.41, 5.74) is 0.483. The van der Waals surface area contributed by atoms with Crippen molar-refractivity contribution >= 4 is 45.2 Å². The summed E-state index contributed by atoms with van der Waals surface area (Å²) < 4.78 is 14.5. The Balaban J connectivity index is 2.03. The van der Waals surface area contributed by atoms with Crippen LogP contribution in [0.4, 0.5) is 4.39 Å². The molecule has 1 aliphatic rings. The largest absolute Gasteiger partial charge is 0.298 e. The molecule has 0 spiro atoms. The molecule has 1 nitrogen and oxygen atoms in total. The van der Waals surface area contributed by atoms with Gasteiger partial charge in [-0.15, -0.1) is 11.8 Å². The van der Waals surface area contributed by atoms with Crippen molar-refractivity contribution in [2.75, 3.05) is 5.75 Å². The van der Waals surface area contributed by atoms with Crippen molar-refractivity contribution in [2.24, 2.45) is 0 Å². The molecule has 1 aromatic rings. The minimum absolute atomic E-state index is 0.00502. The lowest BCUT2D eigenvalue weighted by Gasteiger charge is -2.30. The van der Waals surface area contributed by atoms with E-state index >= 15 is 0 Å². The van der Waals surface area contributed by atoms with E-state index in [1.165, 1.54) is 6.07 Å². The molecule has 2 rings (SSSR count). The zero-order chi connectivity index (χ0) is 14.0. The smallest absolute Gasteiger partial charge is 0.151 e. The van der Waals surface area contributed by atoms with Crippen LogP contribution in [-0.2, 0) is 11.2 Å². The number of rotatable bonds is 3. The molecule has 0 bridgehead atoms. The zero-order valence-corrected chi connectivity index (χ0v) is 14.1. The van der Waals surface area contributed by atoms with E-state index in [1.54, 1.807) is 23.9 Å². The first-order valence-corrected chi connectivity index (χ1v) is 8.99. The van der Waals surface area contributed by atoms with Gasteiger partial charge in [-0.1, -0.05) is 29.8 Å². The van der Waals surface area contributed by atoms with Crippen LogP contribution in [0, 0.1) is 5.82 Å². The fourth-order valence-electron chi connectivity index (χ4n) is 1.93. The second kappa shape index (κ2) is 6.64. The maximum Gasteiger partial charge on any atom is 0.151 e. The number of benzene rings is 1. The number of hydrogen-bond donors (Lipinski definition) is 0. The molecule has 3 atom stereocenters. The van der Waals surface area contributed by atoms with E-state index in [9.17, 15) is 9.18 Å². The van der Waals surface area contributed by atoms with E-state index < -0.39 is 0 Å². The lowest BCUT2D eigenvalue weighted by Crippen LogP contribution is -2.32. The van der Waals surface area contributed by atoms with Gasteiger partial charge in [-0.3, -0.25) is 4.79 Å². The van der Waals surface area contributed by atoms with Gasteiger partial charge in [0.1, 0.15) is 5.82 Å². The first-order valence-electron chi connectivity index (χ1n) is 6.21. The third kappa shape index (κ3) is 3.99. The van der Waals surface area contributed by atoms with Gasteiger partial charge in [0.2, 0.25) is 0 Å². The Morgan fingerprint density at radius 1 is 1.42 bits per heavy atom. The van der Waals surface area contributed by atoms with E-state index in [1.807, 2.05) is 11.8 Å².